The number of amides is 2. The molecule has 5 rings (SSSR count). The molecule has 5 nitrogen and oxygen atoms in total. The van der Waals surface area contributed by atoms with Crippen molar-refractivity contribution in [3.63, 3.8) is 0 Å². The van der Waals surface area contributed by atoms with Crippen LogP contribution in [0.4, 0.5) is 15.8 Å². The van der Waals surface area contributed by atoms with E-state index in [0.717, 1.165) is 18.8 Å². The summed E-state index contributed by atoms with van der Waals surface area (Å²) in [6, 6.07) is 19.9. The molecule has 0 unspecified atom stereocenters. The van der Waals surface area contributed by atoms with E-state index in [-0.39, 0.29) is 11.8 Å². The average molecular weight is 467 g/mol. The van der Waals surface area contributed by atoms with Gasteiger partial charge in [-0.2, -0.15) is 0 Å². The van der Waals surface area contributed by atoms with Gasteiger partial charge in [0.1, 0.15) is 11.7 Å². The van der Waals surface area contributed by atoms with Gasteiger partial charge in [-0.3, -0.25) is 14.5 Å². The minimum Gasteiger partial charge on any atom is -0.382 e. The number of halogens is 2. The third-order valence-corrected chi connectivity index (χ3v) is 6.12. The molecule has 1 N–H and O–H groups in total. The Kier molecular flexibility index (Phi) is 6.49. The van der Waals surface area contributed by atoms with E-state index in [4.69, 9.17) is 16.3 Å². The van der Waals surface area contributed by atoms with Crippen molar-refractivity contribution < 1.29 is 18.7 Å². The molecule has 1 fully saturated rings. The van der Waals surface area contributed by atoms with Crippen LogP contribution in [-0.2, 0) is 19.9 Å². The van der Waals surface area contributed by atoms with Crippen LogP contribution in [0, 0.1) is 5.82 Å². The number of benzene rings is 3. The maximum atomic E-state index is 13.4. The SMILES string of the molecule is CCOCC.O=C1[C@@H](c2ccc(Cl)cc2)[C@@]2(C(=O)Nc3ccccc32)N1c1ccc(F)cc1. The number of carbonyl (C=O) groups is 2. The first-order chi connectivity index (χ1) is 15.9. The lowest BCUT2D eigenvalue weighted by Crippen LogP contribution is -2.70. The number of fused-ring (bicyclic) bond motifs is 2. The van der Waals surface area contributed by atoms with Crippen LogP contribution in [0.5, 0.6) is 0 Å². The van der Waals surface area contributed by atoms with Gasteiger partial charge >= 0.3 is 0 Å². The van der Waals surface area contributed by atoms with Gasteiger partial charge in [-0.25, -0.2) is 4.39 Å². The van der Waals surface area contributed by atoms with Crippen molar-refractivity contribution in [3.8, 4) is 0 Å². The molecule has 7 heteroatoms. The highest BCUT2D eigenvalue weighted by molar-refractivity contribution is 6.30. The van der Waals surface area contributed by atoms with Gasteiger partial charge in [0.2, 0.25) is 5.91 Å². The Morgan fingerprint density at radius 1 is 0.970 bits per heavy atom. The lowest BCUT2D eigenvalue weighted by atomic mass is 9.66. The zero-order chi connectivity index (χ0) is 23.6. The molecular weight excluding hydrogens is 443 g/mol. The van der Waals surface area contributed by atoms with Crippen LogP contribution < -0.4 is 10.2 Å². The highest BCUT2D eigenvalue weighted by atomic mass is 35.5. The number of carbonyl (C=O) groups excluding carboxylic acids is 2. The van der Waals surface area contributed by atoms with Crippen molar-refractivity contribution in [3.05, 3.63) is 94.8 Å². The molecule has 1 spiro atoms. The summed E-state index contributed by atoms with van der Waals surface area (Å²) < 4.78 is 18.3. The smallest absolute Gasteiger partial charge is 0.256 e. The molecule has 170 valence electrons. The van der Waals surface area contributed by atoms with Gasteiger partial charge in [0.15, 0.2) is 5.54 Å². The molecule has 2 heterocycles. The highest BCUT2D eigenvalue weighted by Gasteiger charge is 2.69. The Hall–Kier alpha value is -3.22. The second kappa shape index (κ2) is 9.33. The third-order valence-electron chi connectivity index (χ3n) is 5.87. The number of para-hydroxylation sites is 1. The summed E-state index contributed by atoms with van der Waals surface area (Å²) >= 11 is 6.00. The van der Waals surface area contributed by atoms with E-state index in [1.807, 2.05) is 38.1 Å². The fourth-order valence-corrected chi connectivity index (χ4v) is 4.61. The largest absolute Gasteiger partial charge is 0.382 e. The fraction of sp³-hybridized carbons (Fsp3) is 0.231. The Labute approximate surface area is 197 Å². The van der Waals surface area contributed by atoms with Crippen LogP contribution in [0.3, 0.4) is 0 Å². The van der Waals surface area contributed by atoms with Crippen molar-refractivity contribution >= 4 is 34.8 Å². The topological polar surface area (TPSA) is 58.6 Å². The van der Waals surface area contributed by atoms with Gasteiger partial charge in [0.05, 0.1) is 0 Å². The summed E-state index contributed by atoms with van der Waals surface area (Å²) in [5, 5.41) is 3.45. The minimum atomic E-state index is -1.22. The van der Waals surface area contributed by atoms with E-state index in [1.54, 1.807) is 24.3 Å². The van der Waals surface area contributed by atoms with Gasteiger partial charge < -0.3 is 10.1 Å². The number of nitrogens with one attached hydrogen (secondary N) is 1. The van der Waals surface area contributed by atoms with E-state index >= 15 is 0 Å². The molecule has 0 aliphatic carbocycles. The zero-order valence-electron chi connectivity index (χ0n) is 18.3. The number of anilines is 2. The summed E-state index contributed by atoms with van der Waals surface area (Å²) in [7, 11) is 0. The fourth-order valence-electron chi connectivity index (χ4n) is 4.48. The van der Waals surface area contributed by atoms with E-state index < -0.39 is 17.3 Å². The predicted octanol–water partition coefficient (Wildman–Crippen LogP) is 5.50. The molecule has 0 bridgehead atoms. The predicted molar refractivity (Wildman–Crippen MR) is 127 cm³/mol. The van der Waals surface area contributed by atoms with E-state index in [9.17, 15) is 14.0 Å². The van der Waals surface area contributed by atoms with Gasteiger partial charge in [-0.1, -0.05) is 41.9 Å². The number of hydrogen-bond acceptors (Lipinski definition) is 3. The van der Waals surface area contributed by atoms with Crippen molar-refractivity contribution in [2.45, 2.75) is 25.3 Å². The van der Waals surface area contributed by atoms with Crippen LogP contribution in [0.2, 0.25) is 5.02 Å². The monoisotopic (exact) mass is 466 g/mol. The van der Waals surface area contributed by atoms with Gasteiger partial charge in [0, 0.05) is 35.2 Å². The van der Waals surface area contributed by atoms with Gasteiger partial charge in [-0.05, 0) is 61.9 Å². The van der Waals surface area contributed by atoms with Crippen LogP contribution in [0.15, 0.2) is 72.8 Å². The first-order valence-corrected chi connectivity index (χ1v) is 11.2. The molecule has 0 saturated carbocycles. The van der Waals surface area contributed by atoms with E-state index in [0.29, 0.717) is 22.0 Å². The number of nitrogens with zero attached hydrogens (tertiary/aromatic N) is 1. The molecule has 2 aliphatic rings. The quantitative estimate of drug-likeness (QED) is 0.516. The van der Waals surface area contributed by atoms with Crippen molar-refractivity contribution in [2.75, 3.05) is 23.4 Å². The van der Waals surface area contributed by atoms with Crippen LogP contribution in [0.1, 0.15) is 30.9 Å². The molecule has 3 aromatic carbocycles. The number of hydrogen-bond donors (Lipinski definition) is 1. The van der Waals surface area contributed by atoms with Gasteiger partial charge in [0.25, 0.3) is 5.91 Å². The Balaban J connectivity index is 0.000000471. The minimum absolute atomic E-state index is 0.221. The highest BCUT2D eigenvalue weighted by Crippen LogP contribution is 2.58. The van der Waals surface area contributed by atoms with Crippen LogP contribution >= 0.6 is 11.6 Å². The maximum Gasteiger partial charge on any atom is 0.256 e. The molecular formula is C26H24ClFN2O3. The molecule has 2 amide bonds. The Morgan fingerprint density at radius 3 is 2.21 bits per heavy atom. The molecule has 33 heavy (non-hydrogen) atoms. The molecule has 0 aromatic heterocycles. The maximum absolute atomic E-state index is 13.4. The Bertz CT molecular complexity index is 1110. The standard InChI is InChI=1S/C22H14ClFN2O2.C4H10O/c23-14-7-5-13(6-8-14)19-20(27)26(16-11-9-15(24)10-12-16)22(19)17-3-1-2-4-18(17)25-21(22)28;1-3-5-4-2/h1-12,19H,(H,25,28);3-4H2,1-2H3/t19-,22+;/m1./s1. The second-order valence-corrected chi connectivity index (χ2v) is 8.12. The molecule has 2 aliphatic heterocycles. The summed E-state index contributed by atoms with van der Waals surface area (Å²) in [6.07, 6.45) is 0. The van der Waals surface area contributed by atoms with Crippen molar-refractivity contribution in [1.29, 1.82) is 0 Å². The van der Waals surface area contributed by atoms with Crippen molar-refractivity contribution in [1.82, 2.24) is 0 Å². The number of β-lactam (4-membered cyclic amide) rings is 1. The average Bonchev–Trinajstić information content (AvgIpc) is 3.11. The van der Waals surface area contributed by atoms with Crippen LogP contribution in [-0.4, -0.2) is 25.0 Å². The van der Waals surface area contributed by atoms with Crippen molar-refractivity contribution in [2.24, 2.45) is 0 Å². The molecule has 0 radical (unpaired) electrons. The normalized spacial score (nSPS) is 20.6. The summed E-state index contributed by atoms with van der Waals surface area (Å²) in [4.78, 5) is 28.0. The number of ether oxygens (including phenoxy) is 1. The molecule has 2 atom stereocenters. The summed E-state index contributed by atoms with van der Waals surface area (Å²) in [5.41, 5.74) is 1.36. The zero-order valence-corrected chi connectivity index (χ0v) is 19.1. The molecule has 3 aromatic rings. The second-order valence-electron chi connectivity index (χ2n) is 7.68. The third kappa shape index (κ3) is 3.79. The van der Waals surface area contributed by atoms with E-state index in [1.165, 1.54) is 29.2 Å². The molecule has 1 saturated heterocycles. The number of rotatable bonds is 4. The van der Waals surface area contributed by atoms with E-state index in [2.05, 4.69) is 5.32 Å². The first-order valence-electron chi connectivity index (χ1n) is 10.8. The lowest BCUT2D eigenvalue weighted by Gasteiger charge is -2.54. The van der Waals surface area contributed by atoms with Crippen LogP contribution in [0.25, 0.3) is 0 Å². The first kappa shape index (κ1) is 23.0. The Morgan fingerprint density at radius 2 is 1.61 bits per heavy atom. The van der Waals surface area contributed by atoms with Gasteiger partial charge in [-0.15, -0.1) is 0 Å². The summed E-state index contributed by atoms with van der Waals surface area (Å²) in [5.74, 6) is -1.60. The summed E-state index contributed by atoms with van der Waals surface area (Å²) in [6.45, 7) is 5.67. The lowest BCUT2D eigenvalue weighted by molar-refractivity contribution is -0.139.